The minimum Gasteiger partial charge on any atom is -0.872 e. The van der Waals surface area contributed by atoms with Crippen LogP contribution in [0.2, 0.25) is 0 Å². The molecule has 1 aliphatic rings. The van der Waals surface area contributed by atoms with E-state index in [1.54, 1.807) is 36.4 Å². The zero-order chi connectivity index (χ0) is 28.0. The largest absolute Gasteiger partial charge is 0.872 e. The zero-order valence-electron chi connectivity index (χ0n) is 22.7. The number of fused-ring (bicyclic) bond motifs is 1. The van der Waals surface area contributed by atoms with Crippen LogP contribution < -0.4 is 18.2 Å². The molecule has 0 spiro atoms. The molecule has 3 heteroatoms. The van der Waals surface area contributed by atoms with Crippen molar-refractivity contribution in [3.63, 3.8) is 0 Å². The molecule has 0 aromatic heterocycles. The molecule has 40 heavy (non-hydrogen) atoms. The van der Waals surface area contributed by atoms with Crippen LogP contribution in [0.15, 0.2) is 156 Å². The molecule has 0 heterocycles. The predicted molar refractivity (Wildman–Crippen MR) is 167 cm³/mol. The third kappa shape index (κ3) is 5.37. The van der Waals surface area contributed by atoms with Crippen molar-refractivity contribution in [3.8, 4) is 0 Å². The number of ketones is 1. The Morgan fingerprint density at radius 2 is 0.925 bits per heavy atom. The van der Waals surface area contributed by atoms with Crippen molar-refractivity contribution in [3.05, 3.63) is 173 Å². The summed E-state index contributed by atoms with van der Waals surface area (Å²) in [5.74, 6) is -0.339. The monoisotopic (exact) mass is 582 g/mol. The minimum atomic E-state index is -2.60. The third-order valence-electron chi connectivity index (χ3n) is 6.88. The number of hydrogen-bond acceptors (Lipinski definition) is 2. The van der Waals surface area contributed by atoms with Gasteiger partial charge < -0.3 is 5.11 Å². The van der Waals surface area contributed by atoms with E-state index in [2.05, 4.69) is 110 Å². The molecule has 5 aromatic rings. The van der Waals surface area contributed by atoms with E-state index < -0.39 is 13.6 Å². The van der Waals surface area contributed by atoms with E-state index in [4.69, 9.17) is 0 Å². The van der Waals surface area contributed by atoms with Crippen molar-refractivity contribution in [1.29, 1.82) is 0 Å². The summed E-state index contributed by atoms with van der Waals surface area (Å²) >= 11 is -2.60. The van der Waals surface area contributed by atoms with Gasteiger partial charge in [-0.15, -0.1) is 0 Å². The van der Waals surface area contributed by atoms with Crippen molar-refractivity contribution < 1.29 is 9.90 Å². The first-order chi connectivity index (χ1) is 19.5. The molecule has 6 rings (SSSR count). The molecule has 0 aliphatic heterocycles. The van der Waals surface area contributed by atoms with Crippen LogP contribution in [-0.4, -0.2) is 19.3 Å². The van der Waals surface area contributed by atoms with Gasteiger partial charge in [0.05, 0.1) is 0 Å². The van der Waals surface area contributed by atoms with Gasteiger partial charge in [0.2, 0.25) is 0 Å². The van der Waals surface area contributed by atoms with Crippen LogP contribution in [0.3, 0.4) is 0 Å². The normalized spacial score (nSPS) is 12.3. The summed E-state index contributed by atoms with van der Waals surface area (Å²) in [6.07, 6.45) is 0. The van der Waals surface area contributed by atoms with Gasteiger partial charge in [-0.1, -0.05) is 60.4 Å². The fourth-order valence-electron chi connectivity index (χ4n) is 5.17. The summed E-state index contributed by atoms with van der Waals surface area (Å²) in [4.78, 5) is 14.7. The molecule has 1 aliphatic carbocycles. The maximum atomic E-state index is 12.1. The number of allylic oxidation sites excluding steroid dienone is 2. The smallest absolute Gasteiger partial charge is 0.193 e. The number of benzene rings is 5. The van der Waals surface area contributed by atoms with Gasteiger partial charge in [0.1, 0.15) is 0 Å². The Labute approximate surface area is 239 Å². The van der Waals surface area contributed by atoms with E-state index in [1.165, 1.54) is 18.6 Å². The second-order valence-electron chi connectivity index (χ2n) is 9.88. The van der Waals surface area contributed by atoms with Crippen LogP contribution in [0.1, 0.15) is 35.3 Å². The van der Waals surface area contributed by atoms with Crippen LogP contribution in [0.5, 0.6) is 0 Å². The Kier molecular flexibility index (Phi) is 8.29. The van der Waals surface area contributed by atoms with Gasteiger partial charge in [-0.05, 0) is 11.1 Å². The molecule has 0 fully saturated rings. The molecule has 0 N–H and O–H groups in total. The van der Waals surface area contributed by atoms with Gasteiger partial charge >= 0.3 is 142 Å². The summed E-state index contributed by atoms with van der Waals surface area (Å²) in [5.41, 5.74) is 3.38. The van der Waals surface area contributed by atoms with E-state index in [1.807, 2.05) is 18.2 Å². The molecule has 2 nitrogen and oxygen atoms in total. The molecule has 5 aromatic carbocycles. The second-order valence-corrected chi connectivity index (χ2v) is 16.7. The average Bonchev–Trinajstić information content (AvgIpc) is 3.27. The molecule has 0 atom stereocenters. The van der Waals surface area contributed by atoms with E-state index >= 15 is 0 Å². The maximum Gasteiger partial charge on any atom is 0.193 e. The van der Waals surface area contributed by atoms with Crippen LogP contribution >= 0.6 is 0 Å². The third-order valence-corrected chi connectivity index (χ3v) is 15.8. The second kappa shape index (κ2) is 12.2. The average molecular weight is 583 g/mol. The van der Waals surface area contributed by atoms with Crippen molar-refractivity contribution in [2.75, 3.05) is 0 Å². The first kappa shape index (κ1) is 27.2. The molecule has 0 amide bonds. The molecule has 0 unspecified atom stereocenters. The maximum absolute atomic E-state index is 12.1. The Morgan fingerprint density at radius 3 is 1.32 bits per heavy atom. The molecule has 0 saturated heterocycles. The molecule has 196 valence electrons. The number of Topliss-reactive ketones (excluding diaryl/α,β-unsaturated/α-hetero) is 1. The van der Waals surface area contributed by atoms with E-state index in [0.717, 1.165) is 0 Å². The van der Waals surface area contributed by atoms with Crippen LogP contribution in [0.4, 0.5) is 0 Å². The fourth-order valence-corrected chi connectivity index (χ4v) is 13.6. The molecule has 0 bridgehead atoms. The molecule has 0 radical (unpaired) electrons. The molecular formula is C37H31AsO2. The Hall–Kier alpha value is -4.39. The molecule has 0 saturated carbocycles. The van der Waals surface area contributed by atoms with Gasteiger partial charge in [-0.2, -0.15) is 0 Å². The quantitative estimate of drug-likeness (QED) is 0.247. The van der Waals surface area contributed by atoms with Crippen LogP contribution in [-0.2, 0) is 0 Å². The van der Waals surface area contributed by atoms with Gasteiger partial charge in [-0.25, -0.2) is 0 Å². The van der Waals surface area contributed by atoms with Crippen molar-refractivity contribution in [2.24, 2.45) is 0 Å². The number of carbonyl (C=O) groups is 1. The first-order valence-electron chi connectivity index (χ1n) is 13.3. The molecular weight excluding hydrogens is 551 g/mol. The van der Waals surface area contributed by atoms with Crippen molar-refractivity contribution >= 4 is 43.7 Å². The number of rotatable bonds is 5. The summed E-state index contributed by atoms with van der Waals surface area (Å²) < 4.78 is 4.39. The number of hydrogen-bond donors (Lipinski definition) is 0. The van der Waals surface area contributed by atoms with Gasteiger partial charge in [-0.3, -0.25) is 4.79 Å². The van der Waals surface area contributed by atoms with Crippen LogP contribution in [0.25, 0.3) is 11.3 Å². The van der Waals surface area contributed by atoms with E-state index in [9.17, 15) is 9.90 Å². The van der Waals surface area contributed by atoms with Gasteiger partial charge in [0.15, 0.2) is 5.78 Å². The van der Waals surface area contributed by atoms with Gasteiger partial charge in [0.25, 0.3) is 0 Å². The summed E-state index contributed by atoms with van der Waals surface area (Å²) in [5, 5.41) is 12.1. The fraction of sp³-hybridized carbons (Fsp3) is 0.0541. The Morgan fingerprint density at radius 1 is 0.550 bits per heavy atom. The van der Waals surface area contributed by atoms with E-state index in [0.29, 0.717) is 16.7 Å². The predicted octanol–water partition coefficient (Wildman–Crippen LogP) is 5.77. The number of carbonyl (C=O) groups excluding carboxylic acids is 1. The minimum absolute atomic E-state index is 0.170. The zero-order valence-corrected chi connectivity index (χ0v) is 24.6. The summed E-state index contributed by atoms with van der Waals surface area (Å²) in [6.45, 7) is 4.43. The van der Waals surface area contributed by atoms with Crippen LogP contribution in [0, 0.1) is 0 Å². The van der Waals surface area contributed by atoms with Crippen molar-refractivity contribution in [1.82, 2.24) is 0 Å². The standard InChI is InChI=1S/C22H22As.C15H10O2/c1-19(2)18-23(20-12-6-3-7-13-20,21-14-8-4-9-15-21)22-16-10-5-11-17-22;16-14-11-8-4-5-9-12(11)15(17)13(14)10-6-2-1-3-7-10/h3-18H,1-2H3;1-9,16H/q+1;/p-1. The van der Waals surface area contributed by atoms with E-state index in [-0.39, 0.29) is 17.1 Å². The SMILES string of the molecule is CC(C)=C[As+](c1ccccc1)(c1ccccc1)c1ccccc1.O=C1C(c2ccccc2)=C([O-])c2ccccc21. The Bertz CT molecular complexity index is 1550. The first-order valence-corrected chi connectivity index (χ1v) is 17.2. The summed E-state index contributed by atoms with van der Waals surface area (Å²) in [7, 11) is 0. The van der Waals surface area contributed by atoms with Gasteiger partial charge in [0, 0.05) is 11.1 Å². The topological polar surface area (TPSA) is 40.1 Å². The van der Waals surface area contributed by atoms with Crippen molar-refractivity contribution in [2.45, 2.75) is 13.8 Å². The Balaban J connectivity index is 0.000000168. The summed E-state index contributed by atoms with van der Waals surface area (Å²) in [6, 6.07) is 49.1.